The second-order valence-electron chi connectivity index (χ2n) is 7.83. The molecule has 0 saturated carbocycles. The number of nitrogens with one attached hydrogen (secondary N) is 2. The molecule has 5 aromatic rings. The van der Waals surface area contributed by atoms with Gasteiger partial charge in [0.1, 0.15) is 16.1 Å². The van der Waals surface area contributed by atoms with E-state index < -0.39 is 15.9 Å². The molecule has 0 radical (unpaired) electrons. The van der Waals surface area contributed by atoms with Crippen LogP contribution in [-0.4, -0.2) is 14.3 Å². The second-order valence-corrected chi connectivity index (χ2v) is 9.89. The van der Waals surface area contributed by atoms with Crippen molar-refractivity contribution in [3.8, 4) is 0 Å². The lowest BCUT2D eigenvalue weighted by Gasteiger charge is -2.13. The lowest BCUT2D eigenvalue weighted by Crippen LogP contribution is -2.17. The molecule has 6 nitrogen and oxygen atoms in total. The maximum atomic E-state index is 13.0. The summed E-state index contributed by atoms with van der Waals surface area (Å²) in [7, 11) is -4.02. The largest absolute Gasteiger partial charge is 0.456 e. The Morgan fingerprint density at radius 3 is 2.41 bits per heavy atom. The number of rotatable bonds is 5. The number of hydrogen-bond acceptors (Lipinski definition) is 4. The van der Waals surface area contributed by atoms with Crippen LogP contribution < -0.4 is 10.0 Å². The zero-order valence-electron chi connectivity index (χ0n) is 18.0. The van der Waals surface area contributed by atoms with Crippen LogP contribution in [0.5, 0.6) is 0 Å². The van der Waals surface area contributed by atoms with Gasteiger partial charge in [0, 0.05) is 28.1 Å². The molecule has 34 heavy (non-hydrogen) atoms. The van der Waals surface area contributed by atoms with E-state index in [0.29, 0.717) is 17.0 Å². The standard InChI is InChI=1S/C26H19ClN2O4S/c1-16-6-2-4-8-22(16)29-34(31,32)25-14-17(10-13-21(25)27)26(30)28-18-11-12-20-19-7-3-5-9-23(19)33-24(20)15-18/h2-15,29H,1H3,(H,28,30). The molecular formula is C26H19ClN2O4S. The molecule has 0 aliphatic carbocycles. The first-order valence-corrected chi connectivity index (χ1v) is 12.3. The predicted molar refractivity (Wildman–Crippen MR) is 135 cm³/mol. The molecule has 170 valence electrons. The third-order valence-electron chi connectivity index (χ3n) is 5.51. The number of benzene rings is 4. The minimum Gasteiger partial charge on any atom is -0.456 e. The minimum atomic E-state index is -4.02. The van der Waals surface area contributed by atoms with E-state index in [1.165, 1.54) is 18.2 Å². The Hall–Kier alpha value is -3.81. The molecule has 0 spiro atoms. The highest BCUT2D eigenvalue weighted by Crippen LogP contribution is 2.31. The molecule has 4 aromatic carbocycles. The van der Waals surface area contributed by atoms with Crippen LogP contribution in [0.25, 0.3) is 21.9 Å². The molecule has 1 aromatic heterocycles. The van der Waals surface area contributed by atoms with Crippen molar-refractivity contribution in [2.45, 2.75) is 11.8 Å². The fourth-order valence-corrected chi connectivity index (χ4v) is 5.40. The highest BCUT2D eigenvalue weighted by atomic mass is 35.5. The Kier molecular flexibility index (Phi) is 5.51. The van der Waals surface area contributed by atoms with Gasteiger partial charge in [-0.2, -0.15) is 0 Å². The molecule has 0 aliphatic rings. The van der Waals surface area contributed by atoms with Gasteiger partial charge in [0.25, 0.3) is 15.9 Å². The molecule has 1 heterocycles. The Morgan fingerprint density at radius 1 is 0.853 bits per heavy atom. The number of carbonyl (C=O) groups excluding carboxylic acids is 1. The van der Waals surface area contributed by atoms with Crippen molar-refractivity contribution in [1.82, 2.24) is 0 Å². The van der Waals surface area contributed by atoms with Gasteiger partial charge >= 0.3 is 0 Å². The van der Waals surface area contributed by atoms with E-state index in [1.807, 2.05) is 36.4 Å². The van der Waals surface area contributed by atoms with Crippen molar-refractivity contribution in [3.05, 3.63) is 101 Å². The average Bonchev–Trinajstić information content (AvgIpc) is 3.18. The second kappa shape index (κ2) is 8.52. The monoisotopic (exact) mass is 490 g/mol. The third kappa shape index (κ3) is 4.11. The minimum absolute atomic E-state index is 0.0151. The smallest absolute Gasteiger partial charge is 0.263 e. The van der Waals surface area contributed by atoms with Gasteiger partial charge < -0.3 is 9.73 Å². The summed E-state index contributed by atoms with van der Waals surface area (Å²) in [6.45, 7) is 1.79. The molecule has 5 rings (SSSR count). The first-order valence-electron chi connectivity index (χ1n) is 10.4. The number of anilines is 2. The highest BCUT2D eigenvalue weighted by molar-refractivity contribution is 7.92. The maximum absolute atomic E-state index is 13.0. The zero-order valence-corrected chi connectivity index (χ0v) is 19.6. The van der Waals surface area contributed by atoms with Gasteiger partial charge in [-0.1, -0.05) is 48.0 Å². The Bertz CT molecular complexity index is 1680. The van der Waals surface area contributed by atoms with Crippen LogP contribution >= 0.6 is 11.6 Å². The number of halogens is 1. The van der Waals surface area contributed by atoms with E-state index in [4.69, 9.17) is 16.0 Å². The van der Waals surface area contributed by atoms with Crippen LogP contribution in [0.15, 0.2) is 94.2 Å². The van der Waals surface area contributed by atoms with Crippen LogP contribution in [0.4, 0.5) is 11.4 Å². The van der Waals surface area contributed by atoms with Gasteiger partial charge in [-0.05, 0) is 55.0 Å². The van der Waals surface area contributed by atoms with E-state index in [2.05, 4.69) is 10.0 Å². The van der Waals surface area contributed by atoms with E-state index in [9.17, 15) is 13.2 Å². The Balaban J connectivity index is 1.43. The fourth-order valence-electron chi connectivity index (χ4n) is 3.74. The zero-order chi connectivity index (χ0) is 23.9. The molecule has 2 N–H and O–H groups in total. The Labute approximate surface area is 201 Å². The predicted octanol–water partition coefficient (Wildman–Crippen LogP) is 6.60. The van der Waals surface area contributed by atoms with Crippen LogP contribution in [0.1, 0.15) is 15.9 Å². The summed E-state index contributed by atoms with van der Waals surface area (Å²) in [6, 6.07) is 24.2. The van der Waals surface area contributed by atoms with Gasteiger partial charge in [-0.25, -0.2) is 8.42 Å². The van der Waals surface area contributed by atoms with Gasteiger partial charge in [-0.15, -0.1) is 0 Å². The van der Waals surface area contributed by atoms with Crippen molar-refractivity contribution in [2.24, 2.45) is 0 Å². The SMILES string of the molecule is Cc1ccccc1NS(=O)(=O)c1cc(C(=O)Nc2ccc3c(c2)oc2ccccc23)ccc1Cl. The summed E-state index contributed by atoms with van der Waals surface area (Å²) in [6.07, 6.45) is 0. The molecule has 0 bridgehead atoms. The summed E-state index contributed by atoms with van der Waals surface area (Å²) in [5.41, 5.74) is 3.27. The van der Waals surface area contributed by atoms with Crippen molar-refractivity contribution < 1.29 is 17.6 Å². The van der Waals surface area contributed by atoms with Crippen molar-refractivity contribution in [3.63, 3.8) is 0 Å². The maximum Gasteiger partial charge on any atom is 0.263 e. The number of para-hydroxylation sites is 2. The first kappa shape index (κ1) is 22.0. The van der Waals surface area contributed by atoms with E-state index in [0.717, 1.165) is 21.9 Å². The topological polar surface area (TPSA) is 88.4 Å². The number of sulfonamides is 1. The molecule has 8 heteroatoms. The number of hydrogen-bond donors (Lipinski definition) is 2. The van der Waals surface area contributed by atoms with Crippen LogP contribution in [0, 0.1) is 6.92 Å². The van der Waals surface area contributed by atoms with Crippen molar-refractivity contribution in [1.29, 1.82) is 0 Å². The van der Waals surface area contributed by atoms with E-state index in [-0.39, 0.29) is 15.5 Å². The van der Waals surface area contributed by atoms with Gasteiger partial charge in [0.05, 0.1) is 10.7 Å². The normalized spacial score (nSPS) is 11.6. The fraction of sp³-hybridized carbons (Fsp3) is 0.0385. The summed E-state index contributed by atoms with van der Waals surface area (Å²) < 4.78 is 34.4. The third-order valence-corrected chi connectivity index (χ3v) is 7.36. The van der Waals surface area contributed by atoms with Gasteiger partial charge in [0.15, 0.2) is 0 Å². The molecule has 0 atom stereocenters. The Morgan fingerprint density at radius 2 is 1.59 bits per heavy atom. The van der Waals surface area contributed by atoms with E-state index >= 15 is 0 Å². The van der Waals surface area contributed by atoms with Crippen LogP contribution in [0.2, 0.25) is 5.02 Å². The highest BCUT2D eigenvalue weighted by Gasteiger charge is 2.21. The van der Waals surface area contributed by atoms with Crippen molar-refractivity contribution >= 4 is 60.8 Å². The van der Waals surface area contributed by atoms with Crippen LogP contribution in [-0.2, 0) is 10.0 Å². The molecular weight excluding hydrogens is 472 g/mol. The van der Waals surface area contributed by atoms with Gasteiger partial charge in [0.2, 0.25) is 0 Å². The summed E-state index contributed by atoms with van der Waals surface area (Å²) in [5, 5.41) is 4.74. The summed E-state index contributed by atoms with van der Waals surface area (Å²) in [4.78, 5) is 12.7. The molecule has 0 aliphatic heterocycles. The number of aryl methyl sites for hydroxylation is 1. The molecule has 0 fully saturated rings. The number of carbonyl (C=O) groups is 1. The number of amides is 1. The lowest BCUT2D eigenvalue weighted by atomic mass is 10.1. The molecule has 0 saturated heterocycles. The molecule has 0 unspecified atom stereocenters. The molecule has 1 amide bonds. The summed E-state index contributed by atoms with van der Waals surface area (Å²) in [5.74, 6) is -0.473. The van der Waals surface area contributed by atoms with Gasteiger partial charge in [-0.3, -0.25) is 9.52 Å². The quantitative estimate of drug-likeness (QED) is 0.290. The van der Waals surface area contributed by atoms with Crippen LogP contribution in [0.3, 0.4) is 0 Å². The van der Waals surface area contributed by atoms with Crippen molar-refractivity contribution in [2.75, 3.05) is 10.0 Å². The first-order chi connectivity index (χ1) is 16.3. The number of furan rings is 1. The van der Waals surface area contributed by atoms with E-state index in [1.54, 1.807) is 37.3 Å². The summed E-state index contributed by atoms with van der Waals surface area (Å²) >= 11 is 6.19. The number of fused-ring (bicyclic) bond motifs is 3. The average molecular weight is 491 g/mol. The lowest BCUT2D eigenvalue weighted by molar-refractivity contribution is 0.102.